The van der Waals surface area contributed by atoms with E-state index in [9.17, 15) is 0 Å². The molecular formula is C16H28N2O. The molecule has 1 heterocycles. The van der Waals surface area contributed by atoms with E-state index in [2.05, 4.69) is 38.0 Å². The Bertz CT molecular complexity index is 397. The topological polar surface area (TPSA) is 38.1 Å². The second-order valence-corrected chi connectivity index (χ2v) is 6.89. The van der Waals surface area contributed by atoms with Crippen molar-refractivity contribution < 1.29 is 4.42 Å². The van der Waals surface area contributed by atoms with Gasteiger partial charge in [0.25, 0.3) is 0 Å². The van der Waals surface area contributed by atoms with Crippen molar-refractivity contribution in [1.29, 1.82) is 0 Å². The fourth-order valence-corrected chi connectivity index (χ4v) is 3.04. The number of nitrogens with one attached hydrogen (secondary N) is 1. The molecule has 1 fully saturated rings. The zero-order chi connectivity index (χ0) is 13.9. The van der Waals surface area contributed by atoms with Crippen LogP contribution in [0.2, 0.25) is 0 Å². The summed E-state index contributed by atoms with van der Waals surface area (Å²) < 4.78 is 6.03. The zero-order valence-electron chi connectivity index (χ0n) is 12.9. The molecule has 0 bridgehead atoms. The summed E-state index contributed by atoms with van der Waals surface area (Å²) in [6.45, 7) is 9.73. The third-order valence-corrected chi connectivity index (χ3v) is 4.31. The number of oxazole rings is 1. The van der Waals surface area contributed by atoms with Crippen molar-refractivity contribution >= 4 is 0 Å². The fourth-order valence-electron chi connectivity index (χ4n) is 3.04. The summed E-state index contributed by atoms with van der Waals surface area (Å²) in [5.74, 6) is 2.00. The Morgan fingerprint density at radius 1 is 1.32 bits per heavy atom. The van der Waals surface area contributed by atoms with E-state index in [0.29, 0.717) is 0 Å². The number of rotatable bonds is 5. The Balaban J connectivity index is 1.95. The van der Waals surface area contributed by atoms with Gasteiger partial charge in [0.2, 0.25) is 0 Å². The lowest BCUT2D eigenvalue weighted by molar-refractivity contribution is 0.313. The third kappa shape index (κ3) is 3.59. The van der Waals surface area contributed by atoms with Crippen molar-refractivity contribution in [3.63, 3.8) is 0 Å². The molecular weight excluding hydrogens is 236 g/mol. The summed E-state index contributed by atoms with van der Waals surface area (Å²) in [4.78, 5) is 4.47. The molecule has 1 aromatic heterocycles. The van der Waals surface area contributed by atoms with Crippen molar-refractivity contribution in [3.8, 4) is 0 Å². The van der Waals surface area contributed by atoms with Crippen LogP contribution >= 0.6 is 0 Å². The van der Waals surface area contributed by atoms with Crippen molar-refractivity contribution in [1.82, 2.24) is 10.3 Å². The van der Waals surface area contributed by atoms with Gasteiger partial charge in [-0.3, -0.25) is 0 Å². The minimum atomic E-state index is 0.158. The molecule has 0 unspecified atom stereocenters. The van der Waals surface area contributed by atoms with E-state index in [1.165, 1.54) is 32.1 Å². The van der Waals surface area contributed by atoms with Crippen LogP contribution in [0.1, 0.15) is 71.5 Å². The summed E-state index contributed by atoms with van der Waals surface area (Å²) in [7, 11) is 0. The summed E-state index contributed by atoms with van der Waals surface area (Å²) in [6, 6.07) is 0. The van der Waals surface area contributed by atoms with E-state index >= 15 is 0 Å². The molecule has 0 aromatic carbocycles. The Morgan fingerprint density at radius 2 is 2.00 bits per heavy atom. The van der Waals surface area contributed by atoms with Crippen LogP contribution in [0.15, 0.2) is 10.6 Å². The summed E-state index contributed by atoms with van der Waals surface area (Å²) in [5, 5.41) is 3.47. The molecule has 108 valence electrons. The first kappa shape index (κ1) is 14.6. The second kappa shape index (κ2) is 5.66. The van der Waals surface area contributed by atoms with Crippen molar-refractivity contribution in [2.75, 3.05) is 6.54 Å². The lowest BCUT2D eigenvalue weighted by atomic mass is 9.81. The van der Waals surface area contributed by atoms with Gasteiger partial charge in [0.1, 0.15) is 5.76 Å². The molecule has 3 nitrogen and oxygen atoms in total. The lowest BCUT2D eigenvalue weighted by Gasteiger charge is -2.24. The van der Waals surface area contributed by atoms with Gasteiger partial charge in [0, 0.05) is 23.9 Å². The maximum absolute atomic E-state index is 6.03. The maximum atomic E-state index is 6.03. The van der Waals surface area contributed by atoms with Crippen molar-refractivity contribution in [3.05, 3.63) is 17.8 Å². The fraction of sp³-hybridized carbons (Fsp3) is 0.812. The van der Waals surface area contributed by atoms with Crippen LogP contribution < -0.4 is 5.32 Å². The number of aromatic nitrogens is 1. The average Bonchev–Trinajstić information content (AvgIpc) is 2.95. The van der Waals surface area contributed by atoms with E-state index in [1.54, 1.807) is 0 Å². The smallest absolute Gasteiger partial charge is 0.195 e. The largest absolute Gasteiger partial charge is 0.445 e. The van der Waals surface area contributed by atoms with Gasteiger partial charge in [-0.15, -0.1) is 0 Å². The molecule has 0 spiro atoms. The first-order valence-corrected chi connectivity index (χ1v) is 7.65. The van der Waals surface area contributed by atoms with Gasteiger partial charge in [-0.05, 0) is 40.0 Å². The van der Waals surface area contributed by atoms with Gasteiger partial charge in [-0.25, -0.2) is 4.98 Å². The first-order chi connectivity index (χ1) is 8.95. The van der Waals surface area contributed by atoms with Crippen molar-refractivity contribution in [2.45, 2.75) is 77.2 Å². The van der Waals surface area contributed by atoms with Gasteiger partial charge >= 0.3 is 0 Å². The molecule has 1 aliphatic rings. The Kier molecular flexibility index (Phi) is 4.34. The van der Waals surface area contributed by atoms with Crippen LogP contribution in [0, 0.1) is 0 Å². The van der Waals surface area contributed by atoms with Crippen LogP contribution in [0.5, 0.6) is 0 Å². The van der Waals surface area contributed by atoms with Crippen LogP contribution in [0.25, 0.3) is 0 Å². The summed E-state index contributed by atoms with van der Waals surface area (Å²) in [5.41, 5.74) is 0.439. The molecule has 1 aliphatic carbocycles. The predicted molar refractivity (Wildman–Crippen MR) is 78.4 cm³/mol. The second-order valence-electron chi connectivity index (χ2n) is 6.89. The Morgan fingerprint density at radius 3 is 2.58 bits per heavy atom. The highest BCUT2D eigenvalue weighted by molar-refractivity contribution is 5.13. The van der Waals surface area contributed by atoms with Crippen LogP contribution in [-0.2, 0) is 11.8 Å². The summed E-state index contributed by atoms with van der Waals surface area (Å²) >= 11 is 0. The standard InChI is InChI=1S/C16H28N2O/c1-5-16(9-6-7-10-16)13-12-17-14(19-13)8-11-18-15(2,3)4/h12,18H,5-11H2,1-4H3. The lowest BCUT2D eigenvalue weighted by Crippen LogP contribution is -2.37. The monoisotopic (exact) mass is 264 g/mol. The molecule has 1 aromatic rings. The SMILES string of the molecule is CCC1(c2cnc(CCNC(C)(C)C)o2)CCCC1. The number of hydrogen-bond donors (Lipinski definition) is 1. The molecule has 0 aliphatic heterocycles. The van der Waals surface area contributed by atoms with Gasteiger partial charge in [-0.2, -0.15) is 0 Å². The molecule has 1 N–H and O–H groups in total. The Hall–Kier alpha value is -0.830. The molecule has 0 amide bonds. The van der Waals surface area contributed by atoms with E-state index in [-0.39, 0.29) is 11.0 Å². The normalized spacial score (nSPS) is 18.9. The zero-order valence-corrected chi connectivity index (χ0v) is 12.9. The molecule has 0 atom stereocenters. The molecule has 3 heteroatoms. The van der Waals surface area contributed by atoms with E-state index in [4.69, 9.17) is 4.42 Å². The highest BCUT2D eigenvalue weighted by atomic mass is 16.4. The minimum absolute atomic E-state index is 0.158. The molecule has 19 heavy (non-hydrogen) atoms. The average molecular weight is 264 g/mol. The van der Waals surface area contributed by atoms with E-state index in [1.807, 2.05) is 6.20 Å². The highest BCUT2D eigenvalue weighted by Gasteiger charge is 2.37. The first-order valence-electron chi connectivity index (χ1n) is 7.65. The highest BCUT2D eigenvalue weighted by Crippen LogP contribution is 2.43. The van der Waals surface area contributed by atoms with Gasteiger partial charge in [0.05, 0.1) is 6.20 Å². The number of hydrogen-bond acceptors (Lipinski definition) is 3. The molecule has 0 saturated heterocycles. The molecule has 1 saturated carbocycles. The van der Waals surface area contributed by atoms with E-state index < -0.39 is 0 Å². The molecule has 0 radical (unpaired) electrons. The van der Waals surface area contributed by atoms with Crippen molar-refractivity contribution in [2.24, 2.45) is 0 Å². The van der Waals surface area contributed by atoms with Crippen LogP contribution in [0.4, 0.5) is 0 Å². The number of nitrogens with zero attached hydrogens (tertiary/aromatic N) is 1. The maximum Gasteiger partial charge on any atom is 0.195 e. The van der Waals surface area contributed by atoms with Gasteiger partial charge in [0.15, 0.2) is 5.89 Å². The summed E-state index contributed by atoms with van der Waals surface area (Å²) in [6.07, 6.45) is 9.20. The quantitative estimate of drug-likeness (QED) is 0.878. The predicted octanol–water partition coefficient (Wildman–Crippen LogP) is 3.83. The van der Waals surface area contributed by atoms with Gasteiger partial charge < -0.3 is 9.73 Å². The molecule has 2 rings (SSSR count). The Labute approximate surface area is 117 Å². The van der Waals surface area contributed by atoms with Crippen LogP contribution in [-0.4, -0.2) is 17.1 Å². The third-order valence-electron chi connectivity index (χ3n) is 4.31. The van der Waals surface area contributed by atoms with Gasteiger partial charge in [-0.1, -0.05) is 19.8 Å². The van der Waals surface area contributed by atoms with E-state index in [0.717, 1.165) is 24.6 Å². The van der Waals surface area contributed by atoms with Crippen LogP contribution in [0.3, 0.4) is 0 Å². The minimum Gasteiger partial charge on any atom is -0.445 e.